The molecule has 0 radical (unpaired) electrons. The third kappa shape index (κ3) is 8.42. The molecule has 1 amide bonds. The molecular weight excluding hydrogens is 641 g/mol. The summed E-state index contributed by atoms with van der Waals surface area (Å²) in [6.07, 6.45) is -22.2. The number of ketones is 1. The summed E-state index contributed by atoms with van der Waals surface area (Å²) in [5, 5.41) is 0.597. The molecule has 2 aromatic rings. The summed E-state index contributed by atoms with van der Waals surface area (Å²) in [6.45, 7) is -1.75. The van der Waals surface area contributed by atoms with E-state index in [1.54, 1.807) is 5.32 Å². The average molecular weight is 658 g/mol. The molecule has 1 atom stereocenters. The Morgan fingerprint density at radius 3 is 1.93 bits per heavy atom. The van der Waals surface area contributed by atoms with Crippen LogP contribution in [0.2, 0.25) is 5.02 Å². The van der Waals surface area contributed by atoms with Crippen molar-refractivity contribution in [1.82, 2.24) is 5.32 Å². The molecule has 0 saturated heterocycles. The largest absolute Gasteiger partial charge is 0.417 e. The smallest absolute Gasteiger partial charge is 0.346 e. The second-order valence-electron chi connectivity index (χ2n) is 9.71. The number of amides is 1. The first-order valence-electron chi connectivity index (χ1n) is 11.9. The molecule has 1 aliphatic rings. The number of carbonyl (C=O) groups excluding carboxylic acids is 2. The maximum atomic E-state index is 15.0. The molecule has 3 nitrogen and oxygen atoms in total. The Morgan fingerprint density at radius 2 is 1.44 bits per heavy atom. The minimum absolute atomic E-state index is 0.00119. The second kappa shape index (κ2) is 11.7. The van der Waals surface area contributed by atoms with E-state index in [9.17, 15) is 66.7 Å². The van der Waals surface area contributed by atoms with Crippen molar-refractivity contribution in [3.63, 3.8) is 0 Å². The molecular formula is C26H17ClF13NO2. The lowest BCUT2D eigenvalue weighted by atomic mass is 9.90. The lowest BCUT2D eigenvalue weighted by molar-refractivity contribution is -0.142. The van der Waals surface area contributed by atoms with E-state index in [0.29, 0.717) is 24.3 Å². The third-order valence-corrected chi connectivity index (χ3v) is 6.83. The molecule has 3 rings (SSSR count). The van der Waals surface area contributed by atoms with Crippen molar-refractivity contribution in [1.29, 1.82) is 0 Å². The van der Waals surface area contributed by atoms with Gasteiger partial charge in [0.1, 0.15) is 18.3 Å². The van der Waals surface area contributed by atoms with Gasteiger partial charge in [-0.3, -0.25) is 9.59 Å². The fourth-order valence-corrected chi connectivity index (χ4v) is 4.38. The van der Waals surface area contributed by atoms with Crippen LogP contribution in [-0.4, -0.2) is 30.6 Å². The van der Waals surface area contributed by atoms with Crippen molar-refractivity contribution in [2.75, 3.05) is 6.54 Å². The van der Waals surface area contributed by atoms with Gasteiger partial charge in [-0.05, 0) is 42.7 Å². The molecule has 2 aromatic carbocycles. The van der Waals surface area contributed by atoms with Crippen LogP contribution >= 0.6 is 11.6 Å². The number of Topliss-reactive ketones (excluding diaryl/α,β-unsaturated/α-hetero) is 1. The summed E-state index contributed by atoms with van der Waals surface area (Å²) in [5.41, 5.74) is -8.56. The highest BCUT2D eigenvalue weighted by molar-refractivity contribution is 6.31. The van der Waals surface area contributed by atoms with Gasteiger partial charge in [-0.1, -0.05) is 29.8 Å². The van der Waals surface area contributed by atoms with Gasteiger partial charge in [-0.2, -0.15) is 52.7 Å². The van der Waals surface area contributed by atoms with E-state index in [1.807, 2.05) is 0 Å². The van der Waals surface area contributed by atoms with Gasteiger partial charge in [0.2, 0.25) is 5.91 Å². The van der Waals surface area contributed by atoms with Crippen LogP contribution in [0.4, 0.5) is 57.1 Å². The summed E-state index contributed by atoms with van der Waals surface area (Å²) in [6, 6.07) is 1.96. The van der Waals surface area contributed by atoms with E-state index < -0.39 is 99.4 Å². The Bertz CT molecular complexity index is 1420. The molecule has 1 saturated carbocycles. The van der Waals surface area contributed by atoms with Gasteiger partial charge in [0.05, 0.1) is 21.6 Å². The minimum Gasteiger partial charge on any atom is -0.346 e. The molecule has 1 N–H and O–H groups in total. The maximum Gasteiger partial charge on any atom is 0.417 e. The Kier molecular flexibility index (Phi) is 9.27. The summed E-state index contributed by atoms with van der Waals surface area (Å²) in [7, 11) is 0. The molecule has 1 fully saturated rings. The van der Waals surface area contributed by atoms with Crippen LogP contribution in [-0.2, 0) is 17.1 Å². The topological polar surface area (TPSA) is 46.2 Å². The summed E-state index contributed by atoms with van der Waals surface area (Å²) >= 11 is 5.40. The molecule has 1 aliphatic carbocycles. The highest BCUT2D eigenvalue weighted by Gasteiger charge is 2.52. The zero-order valence-electron chi connectivity index (χ0n) is 21.1. The predicted molar refractivity (Wildman–Crippen MR) is 125 cm³/mol. The molecule has 1 unspecified atom stereocenters. The first kappa shape index (κ1) is 34.2. The van der Waals surface area contributed by atoms with Crippen LogP contribution in [0.25, 0.3) is 5.83 Å². The number of alkyl halides is 12. The van der Waals surface area contributed by atoms with Gasteiger partial charge in [-0.25, -0.2) is 4.39 Å². The zero-order chi connectivity index (χ0) is 32.8. The third-order valence-electron chi connectivity index (χ3n) is 6.51. The van der Waals surface area contributed by atoms with E-state index in [2.05, 4.69) is 0 Å². The minimum atomic E-state index is -5.41. The normalized spacial score (nSPS) is 16.6. The van der Waals surface area contributed by atoms with Crippen LogP contribution in [0.3, 0.4) is 0 Å². The number of hydrogen-bond donors (Lipinski definition) is 1. The Labute approximate surface area is 238 Å². The standard InChI is InChI=1S/C26H17ClF13NO2/c27-18-4-2-12(7-17(18)26(38,39)40)15(24(32,33)34)9-19(28)13-1-3-14(16(8-13)25(35,36)37)20(42)10-22(5-6-22)21(43)41-11-23(29,30)31/h1-4,7-9,15H,5-6,10-11H2,(H,41,43)/b19-9-. The van der Waals surface area contributed by atoms with Crippen molar-refractivity contribution >= 4 is 29.1 Å². The van der Waals surface area contributed by atoms with E-state index in [1.165, 1.54) is 0 Å². The lowest BCUT2D eigenvalue weighted by Gasteiger charge is -2.20. The number of benzene rings is 2. The molecule has 0 heterocycles. The van der Waals surface area contributed by atoms with Gasteiger partial charge in [-0.15, -0.1) is 0 Å². The number of carbonyl (C=O) groups is 2. The van der Waals surface area contributed by atoms with Crippen LogP contribution in [0.15, 0.2) is 42.5 Å². The monoisotopic (exact) mass is 657 g/mol. The molecule has 43 heavy (non-hydrogen) atoms. The van der Waals surface area contributed by atoms with Gasteiger partial charge in [0.15, 0.2) is 5.78 Å². The van der Waals surface area contributed by atoms with E-state index in [4.69, 9.17) is 11.6 Å². The predicted octanol–water partition coefficient (Wildman–Crippen LogP) is 9.07. The van der Waals surface area contributed by atoms with Crippen molar-refractivity contribution in [3.05, 3.63) is 75.3 Å². The van der Waals surface area contributed by atoms with Crippen LogP contribution in [0.1, 0.15) is 57.8 Å². The van der Waals surface area contributed by atoms with Gasteiger partial charge in [0.25, 0.3) is 0 Å². The van der Waals surface area contributed by atoms with Gasteiger partial charge >= 0.3 is 24.7 Å². The highest BCUT2D eigenvalue weighted by Crippen LogP contribution is 2.50. The van der Waals surface area contributed by atoms with Crippen molar-refractivity contribution in [3.8, 4) is 0 Å². The van der Waals surface area contributed by atoms with E-state index >= 15 is 0 Å². The Balaban J connectivity index is 1.97. The summed E-state index contributed by atoms with van der Waals surface area (Å²) < 4.78 is 174. The molecule has 0 aliphatic heterocycles. The van der Waals surface area contributed by atoms with Crippen LogP contribution < -0.4 is 5.32 Å². The fraction of sp³-hybridized carbons (Fsp3) is 0.385. The maximum absolute atomic E-state index is 15.0. The van der Waals surface area contributed by atoms with E-state index in [-0.39, 0.29) is 31.1 Å². The average Bonchev–Trinajstić information content (AvgIpc) is 3.64. The highest BCUT2D eigenvalue weighted by atomic mass is 35.5. The van der Waals surface area contributed by atoms with Gasteiger partial charge < -0.3 is 5.32 Å². The zero-order valence-corrected chi connectivity index (χ0v) is 21.8. The Morgan fingerprint density at radius 1 is 0.860 bits per heavy atom. The Hall–Kier alpha value is -3.30. The summed E-state index contributed by atoms with van der Waals surface area (Å²) in [4.78, 5) is 24.9. The molecule has 0 aromatic heterocycles. The second-order valence-corrected chi connectivity index (χ2v) is 10.1. The first-order chi connectivity index (χ1) is 19.4. The quantitative estimate of drug-likeness (QED) is 0.228. The van der Waals surface area contributed by atoms with Crippen LogP contribution in [0.5, 0.6) is 0 Å². The number of nitrogens with one attached hydrogen (secondary N) is 1. The molecule has 0 bridgehead atoms. The molecule has 0 spiro atoms. The van der Waals surface area contributed by atoms with Gasteiger partial charge in [0, 0.05) is 17.5 Å². The lowest BCUT2D eigenvalue weighted by Crippen LogP contribution is -2.39. The number of allylic oxidation sites excluding steroid dienone is 1. The SMILES string of the molecule is O=C(CC1(C(=O)NCC(F)(F)F)CC1)c1ccc(/C(F)=C/C(c2ccc(Cl)c(C(F)(F)F)c2)C(F)(F)F)cc1C(F)(F)F. The van der Waals surface area contributed by atoms with Crippen molar-refractivity contribution in [2.45, 2.75) is 49.9 Å². The summed E-state index contributed by atoms with van der Waals surface area (Å²) in [5.74, 6) is -7.56. The van der Waals surface area contributed by atoms with Crippen molar-refractivity contribution in [2.24, 2.45) is 5.41 Å². The fourth-order valence-electron chi connectivity index (χ4n) is 4.15. The first-order valence-corrected chi connectivity index (χ1v) is 12.2. The molecule has 17 heteroatoms. The number of rotatable bonds is 8. The van der Waals surface area contributed by atoms with Crippen molar-refractivity contribution < 1.29 is 66.7 Å². The molecule has 236 valence electrons. The number of halogens is 14. The van der Waals surface area contributed by atoms with E-state index in [0.717, 1.165) is 0 Å². The van der Waals surface area contributed by atoms with Crippen LogP contribution in [0, 0.1) is 5.41 Å². The number of hydrogen-bond acceptors (Lipinski definition) is 2.